The topological polar surface area (TPSA) is 26.3 Å². The first-order chi connectivity index (χ1) is 21.0. The van der Waals surface area contributed by atoms with Gasteiger partial charge in [0.15, 0.2) is 0 Å². The summed E-state index contributed by atoms with van der Waals surface area (Å²) in [5, 5.41) is 0. The number of rotatable bonds is 11. The number of thiophene rings is 5. The van der Waals surface area contributed by atoms with Crippen molar-refractivity contribution in [3.05, 3.63) is 102 Å². The molecule has 0 aliphatic heterocycles. The van der Waals surface area contributed by atoms with E-state index >= 15 is 0 Å². The Hall–Kier alpha value is -3.17. The number of esters is 1. The molecule has 5 rings (SSSR count). The highest BCUT2D eigenvalue weighted by Gasteiger charge is 2.09. The third-order valence-electron chi connectivity index (χ3n) is 6.42. The van der Waals surface area contributed by atoms with Crippen LogP contribution in [0.15, 0.2) is 72.8 Å². The van der Waals surface area contributed by atoms with Crippen LogP contribution < -0.4 is 0 Å². The Labute approximate surface area is 274 Å². The largest absolute Gasteiger partial charge is 0.462 e. The van der Waals surface area contributed by atoms with Crippen LogP contribution in [0.2, 0.25) is 0 Å². The maximum absolute atomic E-state index is 11.5. The molecule has 0 atom stereocenters. The first-order valence-electron chi connectivity index (χ1n) is 14.3. The molecule has 0 bridgehead atoms. The number of aryl methyl sites for hydroxylation is 2. The maximum Gasteiger partial charge on any atom is 0.333 e. The molecule has 7 heteroatoms. The molecule has 0 spiro atoms. The van der Waals surface area contributed by atoms with Crippen LogP contribution in [0, 0.1) is 23.7 Å². The summed E-state index contributed by atoms with van der Waals surface area (Å²) in [5.74, 6) is 13.1. The van der Waals surface area contributed by atoms with E-state index in [1.165, 1.54) is 42.1 Å². The minimum atomic E-state index is -0.312. The van der Waals surface area contributed by atoms with Gasteiger partial charge in [0.05, 0.1) is 26.1 Å². The summed E-state index contributed by atoms with van der Waals surface area (Å²) in [7, 11) is 0. The second-order valence-electron chi connectivity index (χ2n) is 10.0. The van der Waals surface area contributed by atoms with Crippen LogP contribution in [0.5, 0.6) is 0 Å². The van der Waals surface area contributed by atoms with Gasteiger partial charge >= 0.3 is 5.97 Å². The van der Waals surface area contributed by atoms with Crippen LogP contribution in [0.25, 0.3) is 19.5 Å². The van der Waals surface area contributed by atoms with Crippen LogP contribution in [0.4, 0.5) is 0 Å². The van der Waals surface area contributed by atoms with Crippen molar-refractivity contribution >= 4 is 62.7 Å². The minimum absolute atomic E-state index is 0.312. The molecule has 0 aliphatic carbocycles. The number of hydrogen-bond acceptors (Lipinski definition) is 7. The highest BCUT2D eigenvalue weighted by molar-refractivity contribution is 7.26. The summed E-state index contributed by atoms with van der Waals surface area (Å²) in [6.45, 7) is 7.94. The van der Waals surface area contributed by atoms with Crippen molar-refractivity contribution in [2.24, 2.45) is 0 Å². The molecule has 218 valence electrons. The van der Waals surface area contributed by atoms with Gasteiger partial charge in [-0.15, -0.1) is 56.7 Å². The van der Waals surface area contributed by atoms with E-state index in [-0.39, 0.29) is 5.97 Å². The average molecular weight is 657 g/mol. The van der Waals surface area contributed by atoms with E-state index in [0.717, 1.165) is 45.2 Å². The molecule has 5 aromatic rings. The van der Waals surface area contributed by atoms with Crippen molar-refractivity contribution in [1.82, 2.24) is 0 Å². The number of unbranched alkanes of at least 4 members (excludes halogenated alkanes) is 2. The van der Waals surface area contributed by atoms with Crippen molar-refractivity contribution < 1.29 is 9.53 Å². The van der Waals surface area contributed by atoms with Crippen molar-refractivity contribution in [3.8, 4) is 43.2 Å². The second-order valence-corrected chi connectivity index (χ2v) is 15.6. The zero-order chi connectivity index (χ0) is 30.0. The van der Waals surface area contributed by atoms with Gasteiger partial charge in [-0.1, -0.05) is 19.9 Å². The van der Waals surface area contributed by atoms with Crippen LogP contribution in [-0.2, 0) is 22.4 Å². The Balaban J connectivity index is 1.14. The molecule has 5 heterocycles. The fraction of sp³-hybridized carbons (Fsp3) is 0.250. The van der Waals surface area contributed by atoms with Gasteiger partial charge in [0.25, 0.3) is 0 Å². The molecule has 0 unspecified atom stereocenters. The molecule has 0 saturated heterocycles. The molecule has 0 aliphatic rings. The highest BCUT2D eigenvalue weighted by Crippen LogP contribution is 2.39. The fourth-order valence-corrected chi connectivity index (χ4v) is 8.84. The predicted molar refractivity (Wildman–Crippen MR) is 189 cm³/mol. The predicted octanol–water partition coefficient (Wildman–Crippen LogP) is 10.9. The maximum atomic E-state index is 11.5. The van der Waals surface area contributed by atoms with Gasteiger partial charge in [-0.25, -0.2) is 4.79 Å². The van der Waals surface area contributed by atoms with Crippen molar-refractivity contribution in [1.29, 1.82) is 0 Å². The van der Waals surface area contributed by atoms with Gasteiger partial charge in [-0.05, 0) is 123 Å². The smallest absolute Gasteiger partial charge is 0.333 e. The van der Waals surface area contributed by atoms with E-state index < -0.39 is 0 Å². The molecule has 0 amide bonds. The van der Waals surface area contributed by atoms with E-state index in [0.29, 0.717) is 12.2 Å². The molecule has 2 nitrogen and oxygen atoms in total. The molecular weight excluding hydrogens is 625 g/mol. The van der Waals surface area contributed by atoms with E-state index in [4.69, 9.17) is 4.74 Å². The average Bonchev–Trinajstić information content (AvgIpc) is 3.83. The Kier molecular flexibility index (Phi) is 11.3. The minimum Gasteiger partial charge on any atom is -0.462 e. The summed E-state index contributed by atoms with van der Waals surface area (Å²) >= 11 is 8.87. The van der Waals surface area contributed by atoms with Gasteiger partial charge in [0.1, 0.15) is 0 Å². The van der Waals surface area contributed by atoms with Gasteiger partial charge < -0.3 is 4.74 Å². The van der Waals surface area contributed by atoms with Gasteiger partial charge in [0, 0.05) is 34.8 Å². The third kappa shape index (κ3) is 9.16. The first-order valence-corrected chi connectivity index (χ1v) is 18.4. The number of ether oxygens (including phenoxy) is 1. The lowest BCUT2D eigenvalue weighted by Crippen LogP contribution is -2.06. The zero-order valence-corrected chi connectivity index (χ0v) is 28.4. The number of hydrogen-bond donors (Lipinski definition) is 0. The SMILES string of the molecule is C=C(C)C(=O)OCCCCc1ccc(C#Cc2ccc(-c3ccc(-c4ccc(C#Cc5ccc(CCCC)s5)s4)s3)s2)s1. The van der Waals surface area contributed by atoms with Gasteiger partial charge in [-0.3, -0.25) is 0 Å². The standard InChI is InChI=1S/C36H32O2S5/c1-4-5-8-26-10-12-28(39-26)14-16-30-18-20-32(41-30)34-22-23-35(43-34)33-21-19-31(42-33)17-15-29-13-11-27(40-29)9-6-7-24-38-36(37)25(2)3/h10-13,18-23H,2,4-9,24H2,1,3H3. The van der Waals surface area contributed by atoms with E-state index in [1.54, 1.807) is 40.9 Å². The van der Waals surface area contributed by atoms with Crippen molar-refractivity contribution in [3.63, 3.8) is 0 Å². The normalized spacial score (nSPS) is 10.6. The summed E-state index contributed by atoms with van der Waals surface area (Å²) < 4.78 is 5.17. The summed E-state index contributed by atoms with van der Waals surface area (Å²) in [6, 6.07) is 21.6. The van der Waals surface area contributed by atoms with Crippen molar-refractivity contribution in [2.75, 3.05) is 6.61 Å². The molecule has 43 heavy (non-hydrogen) atoms. The van der Waals surface area contributed by atoms with Crippen LogP contribution in [-0.4, -0.2) is 12.6 Å². The van der Waals surface area contributed by atoms with E-state index in [2.05, 4.69) is 97.8 Å². The molecule has 0 N–H and O–H groups in total. The third-order valence-corrected chi connectivity index (χ3v) is 12.0. The quantitative estimate of drug-likeness (QED) is 0.0612. The number of carbonyl (C=O) groups excluding carboxylic acids is 1. The summed E-state index contributed by atoms with van der Waals surface area (Å²) in [6.07, 6.45) is 6.40. The van der Waals surface area contributed by atoms with E-state index in [9.17, 15) is 4.79 Å². The van der Waals surface area contributed by atoms with Gasteiger partial charge in [-0.2, -0.15) is 0 Å². The molecule has 0 saturated carbocycles. The number of carbonyl (C=O) groups is 1. The van der Waals surface area contributed by atoms with Crippen LogP contribution in [0.1, 0.15) is 68.8 Å². The fourth-order valence-electron chi connectivity index (χ4n) is 4.12. The lowest BCUT2D eigenvalue weighted by atomic mass is 10.2. The Morgan fingerprint density at radius 2 is 1.07 bits per heavy atom. The second kappa shape index (κ2) is 15.5. The first kappa shape index (κ1) is 31.3. The molecule has 0 radical (unpaired) electrons. The van der Waals surface area contributed by atoms with Crippen LogP contribution >= 0.6 is 56.7 Å². The van der Waals surface area contributed by atoms with Gasteiger partial charge in [0.2, 0.25) is 0 Å². The Morgan fingerprint density at radius 3 is 1.58 bits per heavy atom. The Bertz CT molecular complexity index is 1810. The molecular formula is C36H32O2S5. The lowest BCUT2D eigenvalue weighted by Gasteiger charge is -2.03. The monoisotopic (exact) mass is 656 g/mol. The van der Waals surface area contributed by atoms with E-state index in [1.807, 2.05) is 22.7 Å². The Morgan fingerprint density at radius 1 is 0.628 bits per heavy atom. The van der Waals surface area contributed by atoms with Crippen molar-refractivity contribution in [2.45, 2.75) is 52.4 Å². The molecule has 0 fully saturated rings. The highest BCUT2D eigenvalue weighted by atomic mass is 32.1. The molecule has 5 aromatic heterocycles. The molecule has 0 aromatic carbocycles. The lowest BCUT2D eigenvalue weighted by molar-refractivity contribution is -0.139. The van der Waals surface area contributed by atoms with Crippen LogP contribution in [0.3, 0.4) is 0 Å². The summed E-state index contributed by atoms with van der Waals surface area (Å²) in [5.41, 5.74) is 0.444. The zero-order valence-electron chi connectivity index (χ0n) is 24.3. The summed E-state index contributed by atoms with van der Waals surface area (Å²) in [4.78, 5) is 23.6.